The van der Waals surface area contributed by atoms with E-state index in [2.05, 4.69) is 33.1 Å². The number of aliphatic imine (C=N–C) groups is 2. The van der Waals surface area contributed by atoms with E-state index < -0.39 is 0 Å². The SMILES string of the molecule is Cl.NC(N)=NC(N)=NCCCN1c2ccccc2Sc2ccc(Cl)cc21. The summed E-state index contributed by atoms with van der Waals surface area (Å²) in [5.41, 5.74) is 18.5. The van der Waals surface area contributed by atoms with Gasteiger partial charge in [-0.05, 0) is 36.8 Å². The van der Waals surface area contributed by atoms with Gasteiger partial charge in [-0.15, -0.1) is 12.4 Å². The molecule has 0 fully saturated rings. The van der Waals surface area contributed by atoms with Crippen molar-refractivity contribution >= 4 is 59.1 Å². The van der Waals surface area contributed by atoms with E-state index in [1.807, 2.05) is 24.3 Å². The van der Waals surface area contributed by atoms with E-state index in [4.69, 9.17) is 28.8 Å². The number of rotatable bonds is 4. The van der Waals surface area contributed by atoms with Gasteiger partial charge in [0.15, 0.2) is 5.96 Å². The number of nitrogens with zero attached hydrogens (tertiary/aromatic N) is 3. The first-order chi connectivity index (χ1) is 12.0. The molecule has 0 unspecified atom stereocenters. The number of guanidine groups is 2. The van der Waals surface area contributed by atoms with Gasteiger partial charge < -0.3 is 22.1 Å². The maximum Gasteiger partial charge on any atom is 0.218 e. The fourth-order valence-corrected chi connectivity index (χ4v) is 3.88. The van der Waals surface area contributed by atoms with Crippen LogP contribution in [0, 0.1) is 0 Å². The van der Waals surface area contributed by atoms with Gasteiger partial charge in [0.1, 0.15) is 0 Å². The maximum atomic E-state index is 6.21. The van der Waals surface area contributed by atoms with Crippen LogP contribution in [0.15, 0.2) is 62.2 Å². The normalized spacial score (nSPS) is 12.7. The van der Waals surface area contributed by atoms with Crippen molar-refractivity contribution < 1.29 is 0 Å². The molecule has 1 aliphatic rings. The molecule has 2 aromatic rings. The van der Waals surface area contributed by atoms with Crippen LogP contribution in [0.1, 0.15) is 6.42 Å². The molecule has 2 aromatic carbocycles. The van der Waals surface area contributed by atoms with E-state index in [0.29, 0.717) is 6.54 Å². The highest BCUT2D eigenvalue weighted by Crippen LogP contribution is 2.48. The van der Waals surface area contributed by atoms with Gasteiger partial charge in [-0.1, -0.05) is 35.5 Å². The molecule has 0 radical (unpaired) electrons. The number of hydrogen-bond donors (Lipinski definition) is 3. The van der Waals surface area contributed by atoms with Gasteiger partial charge in [-0.25, -0.2) is 0 Å². The third-order valence-electron chi connectivity index (χ3n) is 3.65. The van der Waals surface area contributed by atoms with Crippen molar-refractivity contribution in [2.24, 2.45) is 27.2 Å². The molecule has 26 heavy (non-hydrogen) atoms. The van der Waals surface area contributed by atoms with Gasteiger partial charge in [0.25, 0.3) is 0 Å². The third kappa shape index (κ3) is 4.75. The largest absolute Gasteiger partial charge is 0.370 e. The van der Waals surface area contributed by atoms with E-state index in [1.165, 1.54) is 15.5 Å². The Balaban J connectivity index is 0.00000243. The molecule has 0 saturated heterocycles. The summed E-state index contributed by atoms with van der Waals surface area (Å²) < 4.78 is 0. The zero-order chi connectivity index (χ0) is 17.8. The Morgan fingerprint density at radius 1 is 1.04 bits per heavy atom. The van der Waals surface area contributed by atoms with Crippen molar-refractivity contribution in [1.82, 2.24) is 0 Å². The molecule has 0 aliphatic carbocycles. The molecule has 1 heterocycles. The predicted octanol–water partition coefficient (Wildman–Crippen LogP) is 3.34. The van der Waals surface area contributed by atoms with Gasteiger partial charge in [-0.2, -0.15) is 4.99 Å². The van der Waals surface area contributed by atoms with Gasteiger partial charge in [-0.3, -0.25) is 4.99 Å². The summed E-state index contributed by atoms with van der Waals surface area (Å²) in [5.74, 6) is 0.00449. The summed E-state index contributed by atoms with van der Waals surface area (Å²) in [5, 5.41) is 0.721. The van der Waals surface area contributed by atoms with Crippen molar-refractivity contribution in [3.05, 3.63) is 47.5 Å². The minimum atomic E-state index is -0.0909. The highest BCUT2D eigenvalue weighted by Gasteiger charge is 2.22. The maximum absolute atomic E-state index is 6.21. The van der Waals surface area contributed by atoms with Crippen molar-refractivity contribution in [2.75, 3.05) is 18.0 Å². The van der Waals surface area contributed by atoms with Crippen LogP contribution in [0.2, 0.25) is 5.02 Å². The van der Waals surface area contributed by atoms with Crippen molar-refractivity contribution in [1.29, 1.82) is 0 Å². The van der Waals surface area contributed by atoms with Gasteiger partial charge in [0, 0.05) is 27.9 Å². The van der Waals surface area contributed by atoms with Crippen LogP contribution in [-0.4, -0.2) is 25.0 Å². The fraction of sp³-hybridized carbons (Fsp3) is 0.176. The molecular weight excluding hydrogens is 391 g/mol. The van der Waals surface area contributed by atoms with E-state index in [0.717, 1.165) is 23.7 Å². The topological polar surface area (TPSA) is 106 Å². The minimum absolute atomic E-state index is 0. The van der Waals surface area contributed by atoms with E-state index >= 15 is 0 Å². The van der Waals surface area contributed by atoms with E-state index in [9.17, 15) is 0 Å². The molecule has 6 N–H and O–H groups in total. The van der Waals surface area contributed by atoms with Crippen molar-refractivity contribution in [3.63, 3.8) is 0 Å². The van der Waals surface area contributed by atoms with Gasteiger partial charge in [0.05, 0.1) is 11.4 Å². The summed E-state index contributed by atoms with van der Waals surface area (Å²) in [6.07, 6.45) is 0.797. The Hall–Kier alpha value is -2.09. The number of anilines is 2. The molecule has 1 aliphatic heterocycles. The lowest BCUT2D eigenvalue weighted by Gasteiger charge is -2.32. The number of halogens is 2. The van der Waals surface area contributed by atoms with Crippen LogP contribution in [0.4, 0.5) is 11.4 Å². The summed E-state index contributed by atoms with van der Waals surface area (Å²) in [7, 11) is 0. The molecule has 9 heteroatoms. The van der Waals surface area contributed by atoms with E-state index in [-0.39, 0.29) is 24.3 Å². The van der Waals surface area contributed by atoms with E-state index in [1.54, 1.807) is 11.8 Å². The zero-order valence-corrected chi connectivity index (χ0v) is 16.3. The van der Waals surface area contributed by atoms with Gasteiger partial charge in [0.2, 0.25) is 5.96 Å². The zero-order valence-electron chi connectivity index (χ0n) is 13.9. The average Bonchev–Trinajstić information content (AvgIpc) is 2.57. The summed E-state index contributed by atoms with van der Waals surface area (Å²) in [6, 6.07) is 14.3. The smallest absolute Gasteiger partial charge is 0.218 e. The molecule has 6 nitrogen and oxygen atoms in total. The number of nitrogens with two attached hydrogens (primary N) is 3. The Morgan fingerprint density at radius 3 is 2.54 bits per heavy atom. The Labute approximate surface area is 167 Å². The molecule has 3 rings (SSSR count). The molecule has 138 valence electrons. The number of para-hydroxylation sites is 1. The molecule has 0 spiro atoms. The molecular formula is C17H20Cl2N6S. The molecule has 0 atom stereocenters. The van der Waals surface area contributed by atoms with Crippen LogP contribution < -0.4 is 22.1 Å². The summed E-state index contributed by atoms with van der Waals surface area (Å²) in [4.78, 5) is 12.6. The molecule has 0 amide bonds. The highest BCUT2D eigenvalue weighted by atomic mass is 35.5. The summed E-state index contributed by atoms with van der Waals surface area (Å²) in [6.45, 7) is 1.31. The van der Waals surface area contributed by atoms with Crippen LogP contribution in [0.25, 0.3) is 0 Å². The highest BCUT2D eigenvalue weighted by molar-refractivity contribution is 7.99. The second kappa shape index (κ2) is 9.02. The lowest BCUT2D eigenvalue weighted by Crippen LogP contribution is -2.26. The first-order valence-electron chi connectivity index (χ1n) is 7.78. The first-order valence-corrected chi connectivity index (χ1v) is 8.97. The first kappa shape index (κ1) is 20.2. The second-order valence-corrected chi connectivity index (χ2v) is 6.98. The monoisotopic (exact) mass is 410 g/mol. The average molecular weight is 411 g/mol. The number of benzene rings is 2. The standard InChI is InChI=1S/C17H19ClN6S.ClH/c18-11-6-7-15-13(10-11)24(12-4-1-2-5-14(12)25-15)9-3-8-22-17(21)23-16(19)20;/h1-2,4-7,10H,3,8-9H2,(H6,19,20,21,22,23);1H. The lowest BCUT2D eigenvalue weighted by atomic mass is 10.2. The molecule has 0 bridgehead atoms. The minimum Gasteiger partial charge on any atom is -0.370 e. The van der Waals surface area contributed by atoms with Crippen LogP contribution in [0.3, 0.4) is 0 Å². The number of fused-ring (bicyclic) bond motifs is 2. The quantitative estimate of drug-likeness (QED) is 0.407. The Bertz CT molecular complexity index is 836. The number of hydrogen-bond acceptors (Lipinski definition) is 3. The lowest BCUT2D eigenvalue weighted by molar-refractivity contribution is 0.806. The van der Waals surface area contributed by atoms with Crippen LogP contribution in [-0.2, 0) is 0 Å². The Kier molecular flexibility index (Phi) is 7.02. The van der Waals surface area contributed by atoms with Gasteiger partial charge >= 0.3 is 0 Å². The molecule has 0 saturated carbocycles. The Morgan fingerprint density at radius 2 is 1.77 bits per heavy atom. The molecule has 0 aromatic heterocycles. The third-order valence-corrected chi connectivity index (χ3v) is 5.01. The van der Waals surface area contributed by atoms with Crippen molar-refractivity contribution in [2.45, 2.75) is 16.2 Å². The van der Waals surface area contributed by atoms with Crippen molar-refractivity contribution in [3.8, 4) is 0 Å². The predicted molar refractivity (Wildman–Crippen MR) is 113 cm³/mol. The van der Waals surface area contributed by atoms with Crippen LogP contribution >= 0.6 is 35.8 Å². The van der Waals surface area contributed by atoms with Crippen LogP contribution in [0.5, 0.6) is 0 Å². The fourth-order valence-electron chi connectivity index (χ4n) is 2.63. The second-order valence-electron chi connectivity index (χ2n) is 5.46. The summed E-state index contributed by atoms with van der Waals surface area (Å²) >= 11 is 7.96.